The number of carbonyl (C=O) groups excluding carboxylic acids is 1. The molecule has 0 spiro atoms. The van der Waals surface area contributed by atoms with Gasteiger partial charge in [-0.25, -0.2) is 9.97 Å². The van der Waals surface area contributed by atoms with Gasteiger partial charge >= 0.3 is 0 Å². The Balaban J connectivity index is 1.17. The van der Waals surface area contributed by atoms with E-state index in [2.05, 4.69) is 26.3 Å². The maximum atomic E-state index is 11.4. The lowest BCUT2D eigenvalue weighted by Crippen LogP contribution is -2.49. The standard InChI is InChI=1S/C24H24N4O3S/c1-14(29)26-16-10-17-5-6-18(11-16)28(17)13-20-9-15-4-7-19(12-22(15)30-20)31-24-27-21-3-2-8-25-23(21)32-24/h2-4,7-9,12,16-18H,5-6,10-11,13H2,1H3,(H,26,29). The van der Waals surface area contributed by atoms with Gasteiger partial charge < -0.3 is 14.5 Å². The van der Waals surface area contributed by atoms with Crippen LogP contribution in [0.1, 0.15) is 38.4 Å². The average Bonchev–Trinajstić information content (AvgIpc) is 3.41. The molecule has 1 N–H and O–H groups in total. The number of nitrogens with one attached hydrogen (secondary N) is 1. The first-order chi connectivity index (χ1) is 15.6. The molecule has 1 amide bonds. The molecule has 2 saturated heterocycles. The fraction of sp³-hybridized carbons (Fsp3) is 0.375. The molecular formula is C24H24N4O3S. The second-order valence-corrected chi connectivity index (χ2v) is 9.69. The van der Waals surface area contributed by atoms with Crippen molar-refractivity contribution >= 4 is 38.6 Å². The van der Waals surface area contributed by atoms with E-state index < -0.39 is 0 Å². The second kappa shape index (κ2) is 7.86. The molecule has 8 heteroatoms. The van der Waals surface area contributed by atoms with Crippen molar-refractivity contribution in [2.24, 2.45) is 0 Å². The Hall–Kier alpha value is -2.97. The fourth-order valence-corrected chi connectivity index (χ4v) is 6.00. The van der Waals surface area contributed by atoms with Gasteiger partial charge in [-0.05, 0) is 56.0 Å². The van der Waals surface area contributed by atoms with Crippen LogP contribution in [0, 0.1) is 0 Å². The lowest BCUT2D eigenvalue weighted by Gasteiger charge is -2.38. The molecule has 1 aromatic carbocycles. The number of thiazole rings is 1. The molecule has 7 nitrogen and oxygen atoms in total. The summed E-state index contributed by atoms with van der Waals surface area (Å²) in [7, 11) is 0. The van der Waals surface area contributed by atoms with Gasteiger partial charge in [-0.15, -0.1) is 0 Å². The Morgan fingerprint density at radius 3 is 2.88 bits per heavy atom. The number of ether oxygens (including phenoxy) is 1. The number of fused-ring (bicyclic) bond motifs is 4. The maximum absolute atomic E-state index is 11.4. The van der Waals surface area contributed by atoms with Gasteiger partial charge in [-0.1, -0.05) is 11.3 Å². The van der Waals surface area contributed by atoms with E-state index >= 15 is 0 Å². The third-order valence-corrected chi connectivity index (χ3v) is 7.38. The third-order valence-electron chi connectivity index (χ3n) is 6.52. The highest BCUT2D eigenvalue weighted by molar-refractivity contribution is 7.19. The van der Waals surface area contributed by atoms with Crippen LogP contribution in [0.4, 0.5) is 0 Å². The van der Waals surface area contributed by atoms with Crippen LogP contribution < -0.4 is 10.1 Å². The highest BCUT2D eigenvalue weighted by Gasteiger charge is 2.41. The van der Waals surface area contributed by atoms with Crippen LogP contribution in [0.3, 0.4) is 0 Å². The molecule has 2 atom stereocenters. The number of rotatable bonds is 5. The number of hydrogen-bond acceptors (Lipinski definition) is 7. The van der Waals surface area contributed by atoms with Crippen molar-refractivity contribution < 1.29 is 13.9 Å². The van der Waals surface area contributed by atoms with Gasteiger partial charge in [0, 0.05) is 42.7 Å². The smallest absolute Gasteiger partial charge is 0.281 e. The molecule has 2 fully saturated rings. The molecular weight excluding hydrogens is 424 g/mol. The number of pyridine rings is 1. The normalized spacial score (nSPS) is 23.1. The summed E-state index contributed by atoms with van der Waals surface area (Å²) in [5, 5.41) is 4.75. The fourth-order valence-electron chi connectivity index (χ4n) is 5.22. The number of furan rings is 1. The van der Waals surface area contributed by atoms with E-state index in [1.54, 1.807) is 13.1 Å². The van der Waals surface area contributed by atoms with Crippen LogP contribution >= 0.6 is 11.3 Å². The van der Waals surface area contributed by atoms with E-state index in [0.29, 0.717) is 29.1 Å². The SMILES string of the molecule is CC(=O)NC1CC2CCC(C1)N2Cc1cc2ccc(Oc3nc4cccnc4s3)cc2o1. The zero-order valence-corrected chi connectivity index (χ0v) is 18.6. The number of nitrogens with zero attached hydrogens (tertiary/aromatic N) is 3. The van der Waals surface area contributed by atoms with Crippen LogP contribution in [-0.4, -0.2) is 38.9 Å². The third kappa shape index (κ3) is 3.73. The molecule has 0 saturated carbocycles. The summed E-state index contributed by atoms with van der Waals surface area (Å²) in [6, 6.07) is 13.1. The molecule has 5 heterocycles. The first-order valence-electron chi connectivity index (χ1n) is 11.1. The van der Waals surface area contributed by atoms with Gasteiger partial charge in [-0.2, -0.15) is 0 Å². The minimum Gasteiger partial charge on any atom is -0.460 e. The molecule has 2 aliphatic rings. The topological polar surface area (TPSA) is 80.5 Å². The van der Waals surface area contributed by atoms with Crippen molar-refractivity contribution in [3.63, 3.8) is 0 Å². The minimum absolute atomic E-state index is 0.0697. The molecule has 2 aliphatic heterocycles. The second-order valence-electron chi connectivity index (χ2n) is 8.75. The van der Waals surface area contributed by atoms with Crippen LogP contribution in [-0.2, 0) is 11.3 Å². The Labute approximate surface area is 189 Å². The van der Waals surface area contributed by atoms with Crippen molar-refractivity contribution in [1.29, 1.82) is 0 Å². The van der Waals surface area contributed by atoms with Crippen molar-refractivity contribution in [2.45, 2.75) is 57.3 Å². The van der Waals surface area contributed by atoms with Crippen molar-refractivity contribution in [1.82, 2.24) is 20.2 Å². The quantitative estimate of drug-likeness (QED) is 0.470. The number of piperidine rings is 1. The van der Waals surface area contributed by atoms with Gasteiger partial charge in [0.15, 0.2) is 0 Å². The Kier molecular flexibility index (Phi) is 4.84. The minimum atomic E-state index is 0.0697. The van der Waals surface area contributed by atoms with Crippen molar-refractivity contribution in [3.05, 3.63) is 48.4 Å². The summed E-state index contributed by atoms with van der Waals surface area (Å²) in [6.07, 6.45) is 6.18. The number of aromatic nitrogens is 2. The Morgan fingerprint density at radius 2 is 2.09 bits per heavy atom. The highest BCUT2D eigenvalue weighted by Crippen LogP contribution is 2.38. The predicted molar refractivity (Wildman–Crippen MR) is 123 cm³/mol. The number of hydrogen-bond donors (Lipinski definition) is 1. The van der Waals surface area contributed by atoms with E-state index in [9.17, 15) is 4.79 Å². The van der Waals surface area contributed by atoms with Crippen LogP contribution in [0.25, 0.3) is 21.3 Å². The predicted octanol–water partition coefficient (Wildman–Crippen LogP) is 4.86. The van der Waals surface area contributed by atoms with Crippen LogP contribution in [0.15, 0.2) is 47.0 Å². The summed E-state index contributed by atoms with van der Waals surface area (Å²) in [4.78, 5) is 23.7. The Morgan fingerprint density at radius 1 is 1.25 bits per heavy atom. The zero-order chi connectivity index (χ0) is 21.7. The van der Waals surface area contributed by atoms with Crippen LogP contribution in [0.2, 0.25) is 0 Å². The molecule has 0 aliphatic carbocycles. The molecule has 164 valence electrons. The summed E-state index contributed by atoms with van der Waals surface area (Å²) >= 11 is 1.43. The average molecular weight is 449 g/mol. The zero-order valence-electron chi connectivity index (χ0n) is 17.8. The summed E-state index contributed by atoms with van der Waals surface area (Å²) in [6.45, 7) is 2.41. The molecule has 2 unspecified atom stereocenters. The number of amides is 1. The lowest BCUT2D eigenvalue weighted by molar-refractivity contribution is -0.120. The number of carbonyl (C=O) groups is 1. The van der Waals surface area contributed by atoms with E-state index in [-0.39, 0.29) is 5.91 Å². The van der Waals surface area contributed by atoms with Gasteiger partial charge in [0.05, 0.1) is 6.54 Å². The van der Waals surface area contributed by atoms with E-state index in [4.69, 9.17) is 9.15 Å². The van der Waals surface area contributed by atoms with Gasteiger partial charge in [0.25, 0.3) is 5.19 Å². The first-order valence-corrected chi connectivity index (χ1v) is 11.9. The van der Waals surface area contributed by atoms with E-state index in [1.165, 1.54) is 24.2 Å². The first kappa shape index (κ1) is 19.7. The molecule has 4 aromatic rings. The van der Waals surface area contributed by atoms with Gasteiger partial charge in [0.1, 0.15) is 27.4 Å². The van der Waals surface area contributed by atoms with Crippen molar-refractivity contribution in [2.75, 3.05) is 0 Å². The van der Waals surface area contributed by atoms with Gasteiger partial charge in [0.2, 0.25) is 5.91 Å². The largest absolute Gasteiger partial charge is 0.460 e. The highest BCUT2D eigenvalue weighted by atomic mass is 32.1. The molecule has 0 radical (unpaired) electrons. The number of benzene rings is 1. The molecule has 32 heavy (non-hydrogen) atoms. The summed E-state index contributed by atoms with van der Waals surface area (Å²) < 4.78 is 12.2. The van der Waals surface area contributed by atoms with E-state index in [0.717, 1.165) is 46.5 Å². The summed E-state index contributed by atoms with van der Waals surface area (Å²) in [5.41, 5.74) is 1.66. The lowest BCUT2D eigenvalue weighted by atomic mass is 9.97. The van der Waals surface area contributed by atoms with Crippen LogP contribution in [0.5, 0.6) is 10.9 Å². The molecule has 3 aromatic heterocycles. The molecule has 2 bridgehead atoms. The van der Waals surface area contributed by atoms with Gasteiger partial charge in [-0.3, -0.25) is 9.69 Å². The molecule has 6 rings (SSSR count). The van der Waals surface area contributed by atoms with E-state index in [1.807, 2.05) is 30.3 Å². The monoisotopic (exact) mass is 448 g/mol. The van der Waals surface area contributed by atoms with Crippen molar-refractivity contribution in [3.8, 4) is 10.9 Å². The Bertz CT molecular complexity index is 1250. The maximum Gasteiger partial charge on any atom is 0.281 e. The summed E-state index contributed by atoms with van der Waals surface area (Å²) in [5.74, 6) is 1.74.